The van der Waals surface area contributed by atoms with Crippen LogP contribution in [0.25, 0.3) is 0 Å². The predicted molar refractivity (Wildman–Crippen MR) is 59.1 cm³/mol. The molecule has 0 aliphatic carbocycles. The van der Waals surface area contributed by atoms with Crippen LogP contribution in [0, 0.1) is 6.92 Å². The molecule has 0 N–H and O–H groups in total. The molecule has 0 aliphatic rings. The van der Waals surface area contributed by atoms with Crippen molar-refractivity contribution < 1.29 is 4.79 Å². The quantitative estimate of drug-likeness (QED) is 0.742. The fourth-order valence-corrected chi connectivity index (χ4v) is 1.95. The number of hydrogen-bond donors (Lipinski definition) is 0. The zero-order valence-electron chi connectivity index (χ0n) is 8.30. The molecule has 0 saturated heterocycles. The van der Waals surface area contributed by atoms with E-state index in [1.165, 1.54) is 11.3 Å². The highest BCUT2D eigenvalue weighted by molar-refractivity contribution is 7.12. The maximum absolute atomic E-state index is 11.7. The highest BCUT2D eigenvalue weighted by Crippen LogP contribution is 2.11. The van der Waals surface area contributed by atoms with Gasteiger partial charge in [0.25, 0.3) is 0 Å². The topological polar surface area (TPSA) is 42.9 Å². The van der Waals surface area contributed by atoms with Gasteiger partial charge in [-0.2, -0.15) is 0 Å². The lowest BCUT2D eigenvalue weighted by molar-refractivity contribution is 0.0995. The van der Waals surface area contributed by atoms with Gasteiger partial charge in [-0.15, -0.1) is 11.3 Å². The van der Waals surface area contributed by atoms with Gasteiger partial charge < -0.3 is 0 Å². The Morgan fingerprint density at radius 3 is 3.00 bits per heavy atom. The van der Waals surface area contributed by atoms with Gasteiger partial charge in [0.15, 0.2) is 5.78 Å². The Kier molecular flexibility index (Phi) is 2.87. The number of aryl methyl sites for hydroxylation is 1. The van der Waals surface area contributed by atoms with Gasteiger partial charge in [0.2, 0.25) is 0 Å². The van der Waals surface area contributed by atoms with Gasteiger partial charge in [-0.25, -0.2) is 0 Å². The van der Waals surface area contributed by atoms with Crippen LogP contribution in [0.2, 0.25) is 0 Å². The number of aromatic nitrogens is 2. The Balaban J connectivity index is 2.13. The van der Waals surface area contributed by atoms with Crippen LogP contribution < -0.4 is 0 Å². The van der Waals surface area contributed by atoms with E-state index in [0.29, 0.717) is 6.42 Å². The summed E-state index contributed by atoms with van der Waals surface area (Å²) in [5.74, 6) is 0.102. The molecule has 0 fully saturated rings. The molecule has 0 atom stereocenters. The summed E-state index contributed by atoms with van der Waals surface area (Å²) >= 11 is 1.46. The maximum atomic E-state index is 11.7. The molecule has 2 heterocycles. The largest absolute Gasteiger partial charge is 0.293 e. The van der Waals surface area contributed by atoms with E-state index in [-0.39, 0.29) is 5.78 Å². The number of hydrogen-bond acceptors (Lipinski definition) is 4. The fourth-order valence-electron chi connectivity index (χ4n) is 1.29. The molecule has 15 heavy (non-hydrogen) atoms. The van der Waals surface area contributed by atoms with Gasteiger partial charge >= 0.3 is 0 Å². The second-order valence-electron chi connectivity index (χ2n) is 3.23. The third kappa shape index (κ3) is 2.47. The van der Waals surface area contributed by atoms with E-state index in [9.17, 15) is 4.79 Å². The molecule has 0 unspecified atom stereocenters. The molecule has 2 rings (SSSR count). The minimum atomic E-state index is 0.102. The van der Waals surface area contributed by atoms with E-state index in [2.05, 4.69) is 9.97 Å². The molecule has 0 bridgehead atoms. The van der Waals surface area contributed by atoms with E-state index < -0.39 is 0 Å². The van der Waals surface area contributed by atoms with Crippen LogP contribution in [-0.4, -0.2) is 15.8 Å². The van der Waals surface area contributed by atoms with Crippen molar-refractivity contribution in [1.82, 2.24) is 9.97 Å². The van der Waals surface area contributed by atoms with E-state index in [1.54, 1.807) is 12.4 Å². The van der Waals surface area contributed by atoms with Gasteiger partial charge in [-0.3, -0.25) is 14.8 Å². The van der Waals surface area contributed by atoms with Crippen molar-refractivity contribution >= 4 is 17.1 Å². The van der Waals surface area contributed by atoms with Crippen LogP contribution >= 0.6 is 11.3 Å². The Morgan fingerprint density at radius 1 is 1.47 bits per heavy atom. The van der Waals surface area contributed by atoms with Crippen LogP contribution in [0.4, 0.5) is 0 Å². The van der Waals surface area contributed by atoms with Crippen LogP contribution in [-0.2, 0) is 6.42 Å². The summed E-state index contributed by atoms with van der Waals surface area (Å²) in [4.78, 5) is 20.8. The summed E-state index contributed by atoms with van der Waals surface area (Å²) in [6.07, 6.45) is 3.65. The fraction of sp³-hybridized carbons (Fsp3) is 0.182. The number of thiophene rings is 1. The summed E-state index contributed by atoms with van der Waals surface area (Å²) in [6, 6.07) is 3.70. The van der Waals surface area contributed by atoms with Gasteiger partial charge in [0, 0.05) is 12.4 Å². The van der Waals surface area contributed by atoms with Crippen molar-refractivity contribution in [1.29, 1.82) is 0 Å². The van der Waals surface area contributed by atoms with Crippen molar-refractivity contribution in [2.24, 2.45) is 0 Å². The van der Waals surface area contributed by atoms with Crippen LogP contribution in [0.5, 0.6) is 0 Å². The number of nitrogens with zero attached hydrogens (tertiary/aromatic N) is 2. The summed E-state index contributed by atoms with van der Waals surface area (Å²) in [6.45, 7) is 1.87. The van der Waals surface area contributed by atoms with Crippen molar-refractivity contribution in [3.05, 3.63) is 46.2 Å². The van der Waals surface area contributed by atoms with E-state index in [4.69, 9.17) is 0 Å². The Bertz CT molecular complexity index is 465. The first kappa shape index (κ1) is 9.98. The lowest BCUT2D eigenvalue weighted by atomic mass is 10.2. The standard InChI is InChI=1S/C11H10N2OS/c1-8-6-12-7-9(13-8)5-10(14)11-3-2-4-15-11/h2-4,6-7H,5H2,1H3. The van der Waals surface area contributed by atoms with Gasteiger partial charge in [-0.1, -0.05) is 6.07 Å². The molecule has 0 spiro atoms. The van der Waals surface area contributed by atoms with Crippen molar-refractivity contribution in [2.45, 2.75) is 13.3 Å². The molecular formula is C11H10N2OS. The Hall–Kier alpha value is -1.55. The molecule has 4 heteroatoms. The SMILES string of the molecule is Cc1cncc(CC(=O)c2cccs2)n1. The van der Waals surface area contributed by atoms with E-state index in [0.717, 1.165) is 16.3 Å². The highest BCUT2D eigenvalue weighted by Gasteiger charge is 2.08. The second-order valence-corrected chi connectivity index (χ2v) is 4.18. The third-order valence-corrected chi connectivity index (χ3v) is 2.85. The molecule has 0 radical (unpaired) electrons. The first-order chi connectivity index (χ1) is 7.25. The molecule has 2 aromatic rings. The molecule has 0 amide bonds. The monoisotopic (exact) mass is 218 g/mol. The minimum Gasteiger partial charge on any atom is -0.293 e. The van der Waals surface area contributed by atoms with Crippen LogP contribution in [0.1, 0.15) is 21.1 Å². The minimum absolute atomic E-state index is 0.102. The smallest absolute Gasteiger partial charge is 0.178 e. The van der Waals surface area contributed by atoms with Crippen LogP contribution in [0.15, 0.2) is 29.9 Å². The Labute approximate surface area is 91.8 Å². The Morgan fingerprint density at radius 2 is 2.33 bits per heavy atom. The average molecular weight is 218 g/mol. The number of Topliss-reactive ketones (excluding diaryl/α,β-unsaturated/α-hetero) is 1. The number of carbonyl (C=O) groups excluding carboxylic acids is 1. The summed E-state index contributed by atoms with van der Waals surface area (Å²) < 4.78 is 0. The van der Waals surface area contributed by atoms with Gasteiger partial charge in [0.05, 0.1) is 22.7 Å². The zero-order valence-corrected chi connectivity index (χ0v) is 9.12. The van der Waals surface area contributed by atoms with Gasteiger partial charge in [-0.05, 0) is 18.4 Å². The summed E-state index contributed by atoms with van der Waals surface area (Å²) in [5, 5.41) is 1.90. The average Bonchev–Trinajstić information content (AvgIpc) is 2.70. The molecule has 0 aromatic carbocycles. The van der Waals surface area contributed by atoms with Gasteiger partial charge in [0.1, 0.15) is 0 Å². The normalized spacial score (nSPS) is 10.2. The van der Waals surface area contributed by atoms with Crippen LogP contribution in [0.3, 0.4) is 0 Å². The second kappa shape index (κ2) is 4.31. The number of rotatable bonds is 3. The molecular weight excluding hydrogens is 208 g/mol. The first-order valence-corrected chi connectivity index (χ1v) is 5.48. The number of ketones is 1. The van der Waals surface area contributed by atoms with Crippen molar-refractivity contribution in [2.75, 3.05) is 0 Å². The number of carbonyl (C=O) groups is 1. The highest BCUT2D eigenvalue weighted by atomic mass is 32.1. The molecule has 0 aliphatic heterocycles. The lowest BCUT2D eigenvalue weighted by Crippen LogP contribution is -2.04. The summed E-state index contributed by atoms with van der Waals surface area (Å²) in [7, 11) is 0. The van der Waals surface area contributed by atoms with Crippen molar-refractivity contribution in [3.63, 3.8) is 0 Å². The predicted octanol–water partition coefficient (Wildman–Crippen LogP) is 2.27. The molecule has 2 aromatic heterocycles. The lowest BCUT2D eigenvalue weighted by Gasteiger charge is -1.98. The third-order valence-electron chi connectivity index (χ3n) is 1.94. The maximum Gasteiger partial charge on any atom is 0.178 e. The molecule has 76 valence electrons. The zero-order chi connectivity index (χ0) is 10.7. The summed E-state index contributed by atoms with van der Waals surface area (Å²) in [5.41, 5.74) is 1.57. The first-order valence-electron chi connectivity index (χ1n) is 4.60. The molecule has 3 nitrogen and oxygen atoms in total. The van der Waals surface area contributed by atoms with Crippen molar-refractivity contribution in [3.8, 4) is 0 Å². The van der Waals surface area contributed by atoms with E-state index >= 15 is 0 Å². The molecule has 0 saturated carbocycles. The van der Waals surface area contributed by atoms with E-state index in [1.807, 2.05) is 24.4 Å².